The Balaban J connectivity index is 1.36. The van der Waals surface area contributed by atoms with Gasteiger partial charge in [-0.25, -0.2) is 9.78 Å². The van der Waals surface area contributed by atoms with Crippen LogP contribution in [0.25, 0.3) is 0 Å². The largest absolute Gasteiger partial charge is 0.342 e. The first-order valence-corrected chi connectivity index (χ1v) is 11.1. The Bertz CT molecular complexity index is 1150. The second kappa shape index (κ2) is 9.38. The number of likely N-dealkylation sites (tertiary alicyclic amines) is 1. The molecule has 0 unspecified atom stereocenters. The Morgan fingerprint density at radius 3 is 2.50 bits per heavy atom. The average Bonchev–Trinajstić information content (AvgIpc) is 3.21. The molecular formula is C24H29N5O3. The van der Waals surface area contributed by atoms with Gasteiger partial charge in [-0.1, -0.05) is 38.1 Å². The van der Waals surface area contributed by atoms with Crippen LogP contribution < -0.4 is 11.2 Å². The lowest BCUT2D eigenvalue weighted by Gasteiger charge is -2.32. The summed E-state index contributed by atoms with van der Waals surface area (Å²) in [6, 6.07) is 10.00. The van der Waals surface area contributed by atoms with Crippen molar-refractivity contribution in [3.05, 3.63) is 86.2 Å². The molecule has 168 valence electrons. The van der Waals surface area contributed by atoms with Crippen molar-refractivity contribution < 1.29 is 4.79 Å². The molecule has 1 amide bonds. The van der Waals surface area contributed by atoms with Crippen molar-refractivity contribution in [2.24, 2.45) is 0 Å². The number of H-pyrrole nitrogens is 2. The molecule has 4 rings (SSSR count). The summed E-state index contributed by atoms with van der Waals surface area (Å²) in [5.74, 6) is 1.79. The summed E-state index contributed by atoms with van der Waals surface area (Å²) in [5.41, 5.74) is 1.82. The maximum atomic E-state index is 12.6. The van der Waals surface area contributed by atoms with Crippen LogP contribution in [0.2, 0.25) is 0 Å². The zero-order valence-corrected chi connectivity index (χ0v) is 18.5. The molecule has 0 radical (unpaired) electrons. The van der Waals surface area contributed by atoms with E-state index in [9.17, 15) is 14.4 Å². The third-order valence-corrected chi connectivity index (χ3v) is 6.12. The Morgan fingerprint density at radius 1 is 1.12 bits per heavy atom. The van der Waals surface area contributed by atoms with Gasteiger partial charge in [0.25, 0.3) is 5.56 Å². The van der Waals surface area contributed by atoms with Gasteiger partial charge in [0, 0.05) is 49.7 Å². The average molecular weight is 436 g/mol. The summed E-state index contributed by atoms with van der Waals surface area (Å²) in [6.45, 7) is 6.43. The minimum atomic E-state index is -0.593. The predicted octanol–water partition coefficient (Wildman–Crippen LogP) is 2.38. The van der Waals surface area contributed by atoms with Crippen molar-refractivity contribution in [1.29, 1.82) is 0 Å². The van der Waals surface area contributed by atoms with Crippen LogP contribution >= 0.6 is 0 Å². The summed E-state index contributed by atoms with van der Waals surface area (Å²) in [4.78, 5) is 46.5. The maximum absolute atomic E-state index is 12.6. The van der Waals surface area contributed by atoms with E-state index >= 15 is 0 Å². The summed E-state index contributed by atoms with van der Waals surface area (Å²) in [6.07, 6.45) is 5.55. The molecule has 0 saturated carbocycles. The molecule has 0 atom stereocenters. The highest BCUT2D eigenvalue weighted by Crippen LogP contribution is 2.28. The van der Waals surface area contributed by atoms with E-state index in [0.717, 1.165) is 25.2 Å². The molecule has 1 fully saturated rings. The van der Waals surface area contributed by atoms with Crippen LogP contribution in [0.4, 0.5) is 0 Å². The molecule has 0 aliphatic carbocycles. The Hall–Kier alpha value is -3.42. The highest BCUT2D eigenvalue weighted by Gasteiger charge is 2.26. The van der Waals surface area contributed by atoms with Crippen LogP contribution in [0, 0.1) is 0 Å². The van der Waals surface area contributed by atoms with Crippen molar-refractivity contribution >= 4 is 5.91 Å². The molecule has 1 saturated heterocycles. The second-order valence-corrected chi connectivity index (χ2v) is 8.75. The summed E-state index contributed by atoms with van der Waals surface area (Å²) >= 11 is 0. The van der Waals surface area contributed by atoms with Gasteiger partial charge >= 0.3 is 5.69 Å². The maximum Gasteiger partial charge on any atom is 0.325 e. The molecule has 0 spiro atoms. The number of piperidine rings is 1. The Kier molecular flexibility index (Phi) is 6.39. The molecule has 2 aromatic heterocycles. The van der Waals surface area contributed by atoms with Crippen molar-refractivity contribution in [3.63, 3.8) is 0 Å². The van der Waals surface area contributed by atoms with Crippen LogP contribution in [0.15, 0.2) is 52.3 Å². The zero-order valence-electron chi connectivity index (χ0n) is 18.5. The topological polar surface area (TPSA) is 104 Å². The summed E-state index contributed by atoms with van der Waals surface area (Å²) < 4.78 is 2.20. The molecule has 8 heteroatoms. The molecule has 2 N–H and O–H groups in total. The van der Waals surface area contributed by atoms with E-state index in [1.54, 1.807) is 4.90 Å². The number of nitrogens with one attached hydrogen (secondary N) is 2. The van der Waals surface area contributed by atoms with E-state index in [2.05, 4.69) is 57.6 Å². The number of aromatic nitrogens is 4. The van der Waals surface area contributed by atoms with Crippen molar-refractivity contribution in [2.75, 3.05) is 13.1 Å². The normalized spacial score (nSPS) is 14.8. The summed E-state index contributed by atoms with van der Waals surface area (Å²) in [7, 11) is 0. The van der Waals surface area contributed by atoms with Crippen LogP contribution in [0.3, 0.4) is 0 Å². The fraction of sp³-hybridized carbons (Fsp3) is 0.417. The molecule has 3 aromatic rings. The Labute approximate surface area is 186 Å². The number of carbonyl (C=O) groups excluding carboxylic acids is 1. The highest BCUT2D eigenvalue weighted by atomic mass is 16.2. The lowest BCUT2D eigenvalue weighted by atomic mass is 9.95. The minimum absolute atomic E-state index is 0.0187. The molecular weight excluding hydrogens is 406 g/mol. The van der Waals surface area contributed by atoms with Gasteiger partial charge in [0.05, 0.1) is 6.42 Å². The van der Waals surface area contributed by atoms with E-state index in [0.29, 0.717) is 30.6 Å². The van der Waals surface area contributed by atoms with E-state index in [1.165, 1.54) is 17.2 Å². The highest BCUT2D eigenvalue weighted by molar-refractivity contribution is 5.78. The molecule has 1 aliphatic rings. The van der Waals surface area contributed by atoms with Gasteiger partial charge in [-0.05, 0) is 29.9 Å². The quantitative estimate of drug-likeness (QED) is 0.620. The molecule has 1 aliphatic heterocycles. The first-order chi connectivity index (χ1) is 15.4. The fourth-order valence-corrected chi connectivity index (χ4v) is 4.30. The standard InChI is InChI=1S/C24H29N5O3/c1-16(2)18-5-3-17(4-6-18)15-29-12-9-25-23(29)19-7-10-28(11-8-19)22(31)14-20-13-21(30)27-24(32)26-20/h3-6,9,12-13,16,19H,7-8,10-11,14-15H2,1-2H3,(H2,26,27,30,32). The van der Waals surface area contributed by atoms with Crippen LogP contribution in [0.1, 0.15) is 61.2 Å². The van der Waals surface area contributed by atoms with E-state index < -0.39 is 11.2 Å². The van der Waals surface area contributed by atoms with Gasteiger partial charge in [0.15, 0.2) is 0 Å². The molecule has 3 heterocycles. The van der Waals surface area contributed by atoms with Crippen LogP contribution in [0.5, 0.6) is 0 Å². The lowest BCUT2D eigenvalue weighted by molar-refractivity contribution is -0.131. The first-order valence-electron chi connectivity index (χ1n) is 11.1. The van der Waals surface area contributed by atoms with Gasteiger partial charge in [0.2, 0.25) is 5.91 Å². The minimum Gasteiger partial charge on any atom is -0.342 e. The third kappa shape index (κ3) is 5.07. The van der Waals surface area contributed by atoms with Gasteiger partial charge < -0.3 is 14.5 Å². The smallest absolute Gasteiger partial charge is 0.325 e. The van der Waals surface area contributed by atoms with Gasteiger partial charge in [-0.2, -0.15) is 0 Å². The van der Waals surface area contributed by atoms with Crippen molar-refractivity contribution in [1.82, 2.24) is 24.4 Å². The first kappa shape index (κ1) is 21.8. The second-order valence-electron chi connectivity index (χ2n) is 8.75. The van der Waals surface area contributed by atoms with Gasteiger partial charge in [-0.3, -0.25) is 14.6 Å². The van der Waals surface area contributed by atoms with Crippen LogP contribution in [-0.2, 0) is 17.8 Å². The number of imidazole rings is 1. The van der Waals surface area contributed by atoms with E-state index in [4.69, 9.17) is 0 Å². The number of benzene rings is 1. The molecule has 1 aromatic carbocycles. The zero-order chi connectivity index (χ0) is 22.7. The number of aromatic amines is 2. The van der Waals surface area contributed by atoms with Crippen molar-refractivity contribution in [3.8, 4) is 0 Å². The van der Waals surface area contributed by atoms with Gasteiger partial charge in [0.1, 0.15) is 5.82 Å². The number of hydrogen-bond donors (Lipinski definition) is 2. The summed E-state index contributed by atoms with van der Waals surface area (Å²) in [5, 5.41) is 0. The molecule has 0 bridgehead atoms. The molecule has 8 nitrogen and oxygen atoms in total. The fourth-order valence-electron chi connectivity index (χ4n) is 4.30. The number of rotatable bonds is 6. The number of hydrogen-bond acceptors (Lipinski definition) is 4. The SMILES string of the molecule is CC(C)c1ccc(Cn2ccnc2C2CCN(C(=O)Cc3cc(=O)[nH]c(=O)[nH]3)CC2)cc1. The van der Waals surface area contributed by atoms with E-state index in [1.807, 2.05) is 12.4 Å². The molecule has 32 heavy (non-hydrogen) atoms. The lowest BCUT2D eigenvalue weighted by Crippen LogP contribution is -2.39. The van der Waals surface area contributed by atoms with E-state index in [-0.39, 0.29) is 12.3 Å². The van der Waals surface area contributed by atoms with Crippen LogP contribution in [-0.4, -0.2) is 43.4 Å². The third-order valence-electron chi connectivity index (χ3n) is 6.12. The number of nitrogens with zero attached hydrogens (tertiary/aromatic N) is 3. The van der Waals surface area contributed by atoms with Gasteiger partial charge in [-0.15, -0.1) is 0 Å². The van der Waals surface area contributed by atoms with Crippen molar-refractivity contribution in [2.45, 2.75) is 51.5 Å². The number of carbonyl (C=O) groups is 1. The number of amides is 1. The predicted molar refractivity (Wildman–Crippen MR) is 122 cm³/mol. The Morgan fingerprint density at radius 2 is 1.84 bits per heavy atom. The monoisotopic (exact) mass is 435 g/mol.